The highest BCUT2D eigenvalue weighted by Gasteiger charge is 2.26. The third kappa shape index (κ3) is 7.68. The molecule has 0 heterocycles. The van der Waals surface area contributed by atoms with Crippen LogP contribution in [-0.4, -0.2) is 64.3 Å². The van der Waals surface area contributed by atoms with Crippen LogP contribution in [0.5, 0.6) is 17.2 Å². The molecule has 8 heteroatoms. The molecule has 0 aliphatic heterocycles. The lowest BCUT2D eigenvalue weighted by Crippen LogP contribution is -2.48. The van der Waals surface area contributed by atoms with E-state index >= 15 is 0 Å². The maximum absolute atomic E-state index is 13.3. The second-order valence-electron chi connectivity index (χ2n) is 7.55. The van der Waals surface area contributed by atoms with Crippen molar-refractivity contribution >= 4 is 11.8 Å². The van der Waals surface area contributed by atoms with Crippen molar-refractivity contribution in [3.63, 3.8) is 0 Å². The number of hydrogen-bond acceptors (Lipinski definition) is 6. The number of ether oxygens (including phenoxy) is 4. The molecule has 1 unspecified atom stereocenters. The van der Waals surface area contributed by atoms with Crippen LogP contribution in [0.15, 0.2) is 42.5 Å². The number of hydrogen-bond donors (Lipinski definition) is 1. The van der Waals surface area contributed by atoms with Crippen LogP contribution in [0, 0.1) is 0 Å². The van der Waals surface area contributed by atoms with E-state index in [-0.39, 0.29) is 18.2 Å². The summed E-state index contributed by atoms with van der Waals surface area (Å²) in [5.41, 5.74) is 1.67. The molecule has 0 radical (unpaired) electrons. The highest BCUT2D eigenvalue weighted by Crippen LogP contribution is 2.28. The van der Waals surface area contributed by atoms with Crippen LogP contribution in [0.25, 0.3) is 0 Å². The van der Waals surface area contributed by atoms with Gasteiger partial charge in [-0.3, -0.25) is 9.59 Å². The summed E-state index contributed by atoms with van der Waals surface area (Å²) in [5.74, 6) is 1.49. The van der Waals surface area contributed by atoms with Crippen LogP contribution in [0.3, 0.4) is 0 Å². The van der Waals surface area contributed by atoms with Gasteiger partial charge in [-0.2, -0.15) is 0 Å². The second-order valence-corrected chi connectivity index (χ2v) is 7.55. The van der Waals surface area contributed by atoms with E-state index in [1.165, 1.54) is 0 Å². The number of rotatable bonds is 13. The Morgan fingerprint density at radius 1 is 0.909 bits per heavy atom. The zero-order valence-corrected chi connectivity index (χ0v) is 20.1. The Morgan fingerprint density at radius 2 is 1.58 bits per heavy atom. The summed E-state index contributed by atoms with van der Waals surface area (Å²) in [5, 5.41) is 2.88. The summed E-state index contributed by atoms with van der Waals surface area (Å²) in [4.78, 5) is 27.7. The fraction of sp³-hybridized carbons (Fsp3) is 0.440. The van der Waals surface area contributed by atoms with Gasteiger partial charge in [-0.25, -0.2) is 0 Å². The van der Waals surface area contributed by atoms with Gasteiger partial charge in [0.25, 0.3) is 0 Å². The van der Waals surface area contributed by atoms with Gasteiger partial charge in [0.1, 0.15) is 11.8 Å². The van der Waals surface area contributed by atoms with E-state index in [0.717, 1.165) is 16.9 Å². The molecule has 1 atom stereocenters. The zero-order valence-electron chi connectivity index (χ0n) is 20.1. The standard InChI is InChI=1S/C25H34N2O6/c1-18(25(29)26-13-6-14-30-2)27(17-19-7-10-21(31-3)11-8-19)24(28)16-20-9-12-22(32-4)23(15-20)33-5/h7-12,15,18H,6,13-14,16-17H2,1-5H3,(H,26,29). The number of nitrogens with one attached hydrogen (secondary N) is 1. The molecule has 0 spiro atoms. The number of carbonyl (C=O) groups excluding carboxylic acids is 2. The fourth-order valence-electron chi connectivity index (χ4n) is 3.35. The van der Waals surface area contributed by atoms with E-state index in [0.29, 0.717) is 37.6 Å². The zero-order chi connectivity index (χ0) is 24.2. The van der Waals surface area contributed by atoms with Crippen LogP contribution in [0.4, 0.5) is 0 Å². The lowest BCUT2D eigenvalue weighted by molar-refractivity contribution is -0.140. The molecule has 2 amide bonds. The molecule has 0 aliphatic rings. The Hall–Kier alpha value is -3.26. The van der Waals surface area contributed by atoms with Gasteiger partial charge in [0.2, 0.25) is 11.8 Å². The molecule has 1 N–H and O–H groups in total. The summed E-state index contributed by atoms with van der Waals surface area (Å²) < 4.78 is 20.9. The lowest BCUT2D eigenvalue weighted by atomic mass is 10.1. The first kappa shape index (κ1) is 26.0. The van der Waals surface area contributed by atoms with Crippen molar-refractivity contribution in [2.75, 3.05) is 41.6 Å². The first-order valence-corrected chi connectivity index (χ1v) is 10.8. The summed E-state index contributed by atoms with van der Waals surface area (Å²) in [6.45, 7) is 3.07. The van der Waals surface area contributed by atoms with E-state index in [2.05, 4.69) is 5.32 Å². The lowest BCUT2D eigenvalue weighted by Gasteiger charge is -2.29. The van der Waals surface area contributed by atoms with Gasteiger partial charge in [0.05, 0.1) is 27.8 Å². The number of nitrogens with zero attached hydrogens (tertiary/aromatic N) is 1. The summed E-state index contributed by atoms with van der Waals surface area (Å²) in [7, 11) is 6.33. The van der Waals surface area contributed by atoms with Crippen molar-refractivity contribution in [1.29, 1.82) is 0 Å². The Morgan fingerprint density at radius 3 is 2.18 bits per heavy atom. The average Bonchev–Trinajstić information content (AvgIpc) is 2.84. The smallest absolute Gasteiger partial charge is 0.242 e. The minimum absolute atomic E-state index is 0.123. The topological polar surface area (TPSA) is 86.3 Å². The molecule has 0 aromatic heterocycles. The van der Waals surface area contributed by atoms with Crippen LogP contribution < -0.4 is 19.5 Å². The van der Waals surface area contributed by atoms with Crippen molar-refractivity contribution in [3.05, 3.63) is 53.6 Å². The van der Waals surface area contributed by atoms with Gasteiger partial charge in [-0.15, -0.1) is 0 Å². The molecule has 2 aromatic carbocycles. The molecular weight excluding hydrogens is 424 g/mol. The Kier molecular flexibility index (Phi) is 10.5. The van der Waals surface area contributed by atoms with Crippen LogP contribution in [-0.2, 0) is 27.3 Å². The van der Waals surface area contributed by atoms with Crippen molar-refractivity contribution in [3.8, 4) is 17.2 Å². The molecule has 0 saturated heterocycles. The first-order valence-electron chi connectivity index (χ1n) is 10.8. The van der Waals surface area contributed by atoms with Crippen molar-refractivity contribution in [2.24, 2.45) is 0 Å². The minimum atomic E-state index is -0.651. The molecule has 2 rings (SSSR count). The molecule has 0 saturated carbocycles. The quantitative estimate of drug-likeness (QED) is 0.465. The highest BCUT2D eigenvalue weighted by molar-refractivity contribution is 5.88. The van der Waals surface area contributed by atoms with Gasteiger partial charge in [-0.05, 0) is 48.7 Å². The van der Waals surface area contributed by atoms with Gasteiger partial charge in [-0.1, -0.05) is 18.2 Å². The maximum Gasteiger partial charge on any atom is 0.242 e. The monoisotopic (exact) mass is 458 g/mol. The molecule has 8 nitrogen and oxygen atoms in total. The van der Waals surface area contributed by atoms with Crippen molar-refractivity contribution in [1.82, 2.24) is 10.2 Å². The normalized spacial score (nSPS) is 11.4. The molecule has 33 heavy (non-hydrogen) atoms. The van der Waals surface area contributed by atoms with Gasteiger partial charge >= 0.3 is 0 Å². The third-order valence-electron chi connectivity index (χ3n) is 5.31. The molecule has 0 fully saturated rings. The third-order valence-corrected chi connectivity index (χ3v) is 5.31. The largest absolute Gasteiger partial charge is 0.497 e. The van der Waals surface area contributed by atoms with E-state index in [1.807, 2.05) is 30.3 Å². The van der Waals surface area contributed by atoms with Gasteiger partial charge < -0.3 is 29.2 Å². The molecular formula is C25H34N2O6. The number of carbonyl (C=O) groups is 2. The van der Waals surface area contributed by atoms with Crippen molar-refractivity contribution < 1.29 is 28.5 Å². The molecule has 2 aromatic rings. The second kappa shape index (κ2) is 13.3. The highest BCUT2D eigenvalue weighted by atomic mass is 16.5. The molecule has 180 valence electrons. The average molecular weight is 459 g/mol. The predicted octanol–water partition coefficient (Wildman–Crippen LogP) is 2.82. The van der Waals surface area contributed by atoms with Gasteiger partial charge in [0, 0.05) is 26.8 Å². The minimum Gasteiger partial charge on any atom is -0.497 e. The van der Waals surface area contributed by atoms with Crippen LogP contribution in [0.2, 0.25) is 0 Å². The predicted molar refractivity (Wildman–Crippen MR) is 126 cm³/mol. The summed E-state index contributed by atoms with van der Waals surface area (Å²) in [6.07, 6.45) is 0.824. The Bertz CT molecular complexity index is 900. The van der Waals surface area contributed by atoms with Crippen LogP contribution in [0.1, 0.15) is 24.5 Å². The number of benzene rings is 2. The molecule has 0 bridgehead atoms. The first-order chi connectivity index (χ1) is 15.9. The van der Waals surface area contributed by atoms with Gasteiger partial charge in [0.15, 0.2) is 11.5 Å². The Labute approximate surface area is 195 Å². The SMILES string of the molecule is COCCCNC(=O)C(C)N(Cc1ccc(OC)cc1)C(=O)Cc1ccc(OC)c(OC)c1. The van der Waals surface area contributed by atoms with E-state index in [4.69, 9.17) is 18.9 Å². The Balaban J connectivity index is 2.20. The maximum atomic E-state index is 13.3. The molecule has 0 aliphatic carbocycles. The summed E-state index contributed by atoms with van der Waals surface area (Å²) in [6, 6.07) is 12.2. The van der Waals surface area contributed by atoms with E-state index < -0.39 is 6.04 Å². The van der Waals surface area contributed by atoms with E-state index in [1.54, 1.807) is 52.4 Å². The number of methoxy groups -OCH3 is 4. The summed E-state index contributed by atoms with van der Waals surface area (Å²) >= 11 is 0. The van der Waals surface area contributed by atoms with Crippen molar-refractivity contribution in [2.45, 2.75) is 32.4 Å². The number of amides is 2. The van der Waals surface area contributed by atoms with E-state index in [9.17, 15) is 9.59 Å². The van der Waals surface area contributed by atoms with Crippen LogP contribution >= 0.6 is 0 Å². The fourth-order valence-corrected chi connectivity index (χ4v) is 3.35.